The highest BCUT2D eigenvalue weighted by atomic mass is 32.2. The first kappa shape index (κ1) is 13.6. The summed E-state index contributed by atoms with van der Waals surface area (Å²) in [6.07, 6.45) is 5.37. The fourth-order valence-corrected chi connectivity index (χ4v) is 2.56. The lowest BCUT2D eigenvalue weighted by Gasteiger charge is -1.99. The fourth-order valence-electron chi connectivity index (χ4n) is 1.82. The molecular formula is C14H11FN4OS. The molecule has 7 heteroatoms. The second kappa shape index (κ2) is 5.53. The number of nitrogens with one attached hydrogen (secondary N) is 1. The number of halogens is 1. The highest BCUT2D eigenvalue weighted by Crippen LogP contribution is 2.28. The third kappa shape index (κ3) is 3.19. The van der Waals surface area contributed by atoms with Gasteiger partial charge in [-0.3, -0.25) is 9.48 Å². The molecule has 2 heterocycles. The van der Waals surface area contributed by atoms with E-state index >= 15 is 0 Å². The quantitative estimate of drug-likeness (QED) is 0.927. The maximum absolute atomic E-state index is 12.9. The van der Waals surface area contributed by atoms with Crippen molar-refractivity contribution in [3.05, 3.63) is 52.9 Å². The Balaban J connectivity index is 1.94. The minimum Gasteiger partial charge on any atom is -0.300 e. The highest BCUT2D eigenvalue weighted by Gasteiger charge is 2.23. The van der Waals surface area contributed by atoms with Crippen molar-refractivity contribution in [1.29, 1.82) is 0 Å². The van der Waals surface area contributed by atoms with E-state index in [0.717, 1.165) is 17.3 Å². The molecule has 1 N–H and O–H groups in total. The van der Waals surface area contributed by atoms with Crippen molar-refractivity contribution < 1.29 is 9.18 Å². The van der Waals surface area contributed by atoms with Gasteiger partial charge < -0.3 is 5.32 Å². The van der Waals surface area contributed by atoms with Crippen molar-refractivity contribution in [2.45, 2.75) is 0 Å². The van der Waals surface area contributed by atoms with Crippen molar-refractivity contribution in [3.8, 4) is 0 Å². The Labute approximate surface area is 124 Å². The number of amides is 1. The van der Waals surface area contributed by atoms with Gasteiger partial charge in [-0.05, 0) is 42.1 Å². The molecule has 1 aliphatic rings. The van der Waals surface area contributed by atoms with Crippen LogP contribution < -0.4 is 5.32 Å². The zero-order chi connectivity index (χ0) is 14.8. The van der Waals surface area contributed by atoms with E-state index in [1.54, 1.807) is 23.0 Å². The number of benzene rings is 1. The molecule has 1 saturated heterocycles. The van der Waals surface area contributed by atoms with E-state index in [1.807, 2.05) is 19.3 Å². The van der Waals surface area contributed by atoms with Crippen molar-refractivity contribution in [3.63, 3.8) is 0 Å². The first-order valence-electron chi connectivity index (χ1n) is 6.14. The lowest BCUT2D eigenvalue weighted by Crippen LogP contribution is -2.18. The van der Waals surface area contributed by atoms with Gasteiger partial charge in [0.1, 0.15) is 11.7 Å². The molecule has 1 amide bonds. The summed E-state index contributed by atoms with van der Waals surface area (Å²) in [7, 11) is 1.82. The largest absolute Gasteiger partial charge is 0.300 e. The predicted octanol–water partition coefficient (Wildman–Crippen LogP) is 3.09. The van der Waals surface area contributed by atoms with Crippen molar-refractivity contribution in [2.75, 3.05) is 0 Å². The minimum absolute atomic E-state index is 0.189. The van der Waals surface area contributed by atoms with Gasteiger partial charge >= 0.3 is 0 Å². The average Bonchev–Trinajstić information content (AvgIpc) is 2.99. The maximum Gasteiger partial charge on any atom is 0.289 e. The minimum atomic E-state index is -0.324. The lowest BCUT2D eigenvalue weighted by atomic mass is 10.3. The van der Waals surface area contributed by atoms with Crippen LogP contribution in [0.2, 0.25) is 0 Å². The Bertz CT molecular complexity index is 749. The van der Waals surface area contributed by atoms with Crippen LogP contribution in [0.15, 0.2) is 46.6 Å². The van der Waals surface area contributed by atoms with Crippen LogP contribution in [0.4, 0.5) is 14.9 Å². The molecule has 0 aliphatic carbocycles. The average molecular weight is 302 g/mol. The number of carbonyl (C=O) groups excluding carboxylic acids is 1. The molecule has 1 aromatic heterocycles. The molecule has 0 unspecified atom stereocenters. The number of aliphatic imine (C=N–C) groups is 1. The van der Waals surface area contributed by atoms with Crippen LogP contribution in [-0.2, 0) is 7.05 Å². The smallest absolute Gasteiger partial charge is 0.289 e. The van der Waals surface area contributed by atoms with Crippen LogP contribution in [0.25, 0.3) is 6.08 Å². The number of hydrogen-bond donors (Lipinski definition) is 1. The maximum atomic E-state index is 12.9. The van der Waals surface area contributed by atoms with Crippen molar-refractivity contribution in [2.24, 2.45) is 12.0 Å². The SMILES string of the molecule is Cn1cc(/C=C2\SC(=O)NC2=Nc2ccc(F)cc2)cn1. The standard InChI is InChI=1S/C14H11FN4OS/c1-19-8-9(7-16-19)6-12-13(18-14(20)21-12)17-11-4-2-10(15)3-5-11/h2-8H,1H3,(H,17,18,20)/b12-6-. The number of aryl methyl sites for hydroxylation is 1. The van der Waals surface area contributed by atoms with Gasteiger partial charge in [0.2, 0.25) is 0 Å². The van der Waals surface area contributed by atoms with Gasteiger partial charge in [-0.15, -0.1) is 0 Å². The number of amidine groups is 1. The second-order valence-electron chi connectivity index (χ2n) is 4.41. The van der Waals surface area contributed by atoms with E-state index in [0.29, 0.717) is 16.4 Å². The number of rotatable bonds is 2. The molecule has 1 aliphatic heterocycles. The van der Waals surface area contributed by atoms with E-state index in [1.165, 1.54) is 12.1 Å². The Hall–Kier alpha value is -2.41. The fraction of sp³-hybridized carbons (Fsp3) is 0.0714. The molecule has 1 fully saturated rings. The summed E-state index contributed by atoms with van der Waals surface area (Å²) in [6.45, 7) is 0. The van der Waals surface area contributed by atoms with E-state index < -0.39 is 0 Å². The summed E-state index contributed by atoms with van der Waals surface area (Å²) in [6, 6.07) is 5.76. The number of thioether (sulfide) groups is 1. The van der Waals surface area contributed by atoms with Crippen LogP contribution in [0.5, 0.6) is 0 Å². The number of aromatic nitrogens is 2. The molecule has 0 bridgehead atoms. The monoisotopic (exact) mass is 302 g/mol. The molecule has 0 radical (unpaired) electrons. The van der Waals surface area contributed by atoms with Crippen LogP contribution in [0.1, 0.15) is 5.56 Å². The summed E-state index contributed by atoms with van der Waals surface area (Å²) >= 11 is 1.07. The number of hydrogen-bond acceptors (Lipinski definition) is 4. The molecule has 106 valence electrons. The van der Waals surface area contributed by atoms with E-state index in [4.69, 9.17) is 0 Å². The van der Waals surface area contributed by atoms with Crippen LogP contribution in [-0.4, -0.2) is 20.9 Å². The van der Waals surface area contributed by atoms with Gasteiger partial charge in [-0.25, -0.2) is 9.38 Å². The Morgan fingerprint density at radius 1 is 1.38 bits per heavy atom. The Kier molecular flexibility index (Phi) is 3.57. The Morgan fingerprint density at radius 3 is 2.81 bits per heavy atom. The molecule has 0 spiro atoms. The van der Waals surface area contributed by atoms with E-state index in [-0.39, 0.29) is 11.1 Å². The Morgan fingerprint density at radius 2 is 2.14 bits per heavy atom. The molecule has 1 aromatic carbocycles. The zero-order valence-corrected chi connectivity index (χ0v) is 11.9. The van der Waals surface area contributed by atoms with Gasteiger partial charge in [0.05, 0.1) is 16.8 Å². The van der Waals surface area contributed by atoms with Gasteiger partial charge in [0, 0.05) is 18.8 Å². The second-order valence-corrected chi connectivity index (χ2v) is 5.42. The molecule has 0 atom stereocenters. The molecule has 0 saturated carbocycles. The topological polar surface area (TPSA) is 59.3 Å². The molecular weight excluding hydrogens is 291 g/mol. The molecule has 5 nitrogen and oxygen atoms in total. The number of nitrogens with zero attached hydrogens (tertiary/aromatic N) is 3. The summed E-state index contributed by atoms with van der Waals surface area (Å²) in [5.41, 5.74) is 1.45. The molecule has 21 heavy (non-hydrogen) atoms. The normalized spacial score (nSPS) is 18.5. The van der Waals surface area contributed by atoms with Gasteiger partial charge in [-0.1, -0.05) is 0 Å². The van der Waals surface area contributed by atoms with E-state index in [2.05, 4.69) is 15.4 Å². The van der Waals surface area contributed by atoms with Gasteiger partial charge in [0.25, 0.3) is 5.24 Å². The molecule has 3 rings (SSSR count). The number of carbonyl (C=O) groups is 1. The van der Waals surface area contributed by atoms with Crippen LogP contribution in [0, 0.1) is 5.82 Å². The van der Waals surface area contributed by atoms with Crippen LogP contribution in [0.3, 0.4) is 0 Å². The summed E-state index contributed by atoms with van der Waals surface area (Å²) in [4.78, 5) is 16.6. The van der Waals surface area contributed by atoms with Crippen molar-refractivity contribution in [1.82, 2.24) is 15.1 Å². The lowest BCUT2D eigenvalue weighted by molar-refractivity contribution is 0.265. The van der Waals surface area contributed by atoms with E-state index in [9.17, 15) is 9.18 Å². The highest BCUT2D eigenvalue weighted by molar-refractivity contribution is 8.18. The van der Waals surface area contributed by atoms with Gasteiger partial charge in [0.15, 0.2) is 0 Å². The summed E-state index contributed by atoms with van der Waals surface area (Å²) < 4.78 is 14.6. The third-order valence-corrected chi connectivity index (χ3v) is 3.57. The summed E-state index contributed by atoms with van der Waals surface area (Å²) in [5, 5.41) is 6.56. The summed E-state index contributed by atoms with van der Waals surface area (Å²) in [5.74, 6) is 0.135. The first-order valence-corrected chi connectivity index (χ1v) is 6.95. The molecule has 2 aromatic rings. The first-order chi connectivity index (χ1) is 10.1. The zero-order valence-electron chi connectivity index (χ0n) is 11.1. The van der Waals surface area contributed by atoms with Crippen LogP contribution >= 0.6 is 11.8 Å². The predicted molar refractivity (Wildman–Crippen MR) is 80.8 cm³/mol. The van der Waals surface area contributed by atoms with Gasteiger partial charge in [-0.2, -0.15) is 5.10 Å². The third-order valence-electron chi connectivity index (χ3n) is 2.75. The van der Waals surface area contributed by atoms with Crippen molar-refractivity contribution >= 4 is 34.6 Å².